The lowest BCUT2D eigenvalue weighted by Crippen LogP contribution is -2.50. The van der Waals surface area contributed by atoms with Crippen LogP contribution in [0.4, 0.5) is 0 Å². The van der Waals surface area contributed by atoms with Crippen LogP contribution in [-0.2, 0) is 24.8 Å². The molecule has 0 bridgehead atoms. The topological polar surface area (TPSA) is 104 Å². The van der Waals surface area contributed by atoms with E-state index in [1.54, 1.807) is 0 Å². The van der Waals surface area contributed by atoms with Gasteiger partial charge in [-0.3, -0.25) is 4.79 Å². The predicted molar refractivity (Wildman–Crippen MR) is 111 cm³/mol. The zero-order valence-electron chi connectivity index (χ0n) is 17.7. The Bertz CT molecular complexity index is 939. The number of benzene rings is 1. The summed E-state index contributed by atoms with van der Waals surface area (Å²) in [5.74, 6) is -0.540. The molecular formula is C19H31N3O5S2. The number of carbonyl (C=O) groups is 1. The van der Waals surface area contributed by atoms with E-state index in [1.165, 1.54) is 42.7 Å². The van der Waals surface area contributed by atoms with Gasteiger partial charge in [-0.2, -0.15) is 4.31 Å². The first kappa shape index (κ1) is 23.8. The van der Waals surface area contributed by atoms with E-state index in [0.29, 0.717) is 19.4 Å². The highest BCUT2D eigenvalue weighted by Gasteiger charge is 2.34. The molecule has 0 aliphatic carbocycles. The first-order valence-corrected chi connectivity index (χ1v) is 12.5. The molecular weight excluding hydrogens is 414 g/mol. The molecule has 0 spiro atoms. The Kier molecular flexibility index (Phi) is 7.14. The van der Waals surface area contributed by atoms with Gasteiger partial charge in [-0.15, -0.1) is 0 Å². The average Bonchev–Trinajstić information content (AvgIpc) is 2.67. The number of rotatable bonds is 7. The standard InChI is InChI=1S/C19H31N3O5S2/c1-6-19(2,3)20-18(23)15-8-7-13-22(14-15)29(26,27)17-11-9-16(10-12-17)28(24,25)21(4)5/h9-12,15H,6-8,13-14H2,1-5H3,(H,20,23)/t15-/m0/s1. The van der Waals surface area contributed by atoms with Crippen LogP contribution in [0, 0.1) is 5.92 Å². The minimum absolute atomic E-state index is 0.0187. The molecule has 1 heterocycles. The van der Waals surface area contributed by atoms with Crippen molar-refractivity contribution in [2.75, 3.05) is 27.2 Å². The van der Waals surface area contributed by atoms with Crippen molar-refractivity contribution in [2.45, 2.75) is 55.4 Å². The fourth-order valence-corrected chi connectivity index (χ4v) is 5.47. The second-order valence-electron chi connectivity index (χ2n) is 8.19. The van der Waals surface area contributed by atoms with Crippen molar-refractivity contribution >= 4 is 26.0 Å². The van der Waals surface area contributed by atoms with E-state index < -0.39 is 26.0 Å². The third kappa shape index (κ3) is 5.36. The van der Waals surface area contributed by atoms with E-state index in [2.05, 4.69) is 5.32 Å². The Balaban J connectivity index is 2.19. The van der Waals surface area contributed by atoms with Crippen LogP contribution in [0.5, 0.6) is 0 Å². The SMILES string of the molecule is CCC(C)(C)NC(=O)[C@H]1CCCN(S(=O)(=O)c2ccc(S(=O)(=O)N(C)C)cc2)C1. The Morgan fingerprint density at radius 3 is 2.21 bits per heavy atom. The van der Waals surface area contributed by atoms with Crippen molar-refractivity contribution in [3.05, 3.63) is 24.3 Å². The van der Waals surface area contributed by atoms with E-state index in [-0.39, 0.29) is 27.8 Å². The molecule has 164 valence electrons. The van der Waals surface area contributed by atoms with Crippen molar-refractivity contribution < 1.29 is 21.6 Å². The van der Waals surface area contributed by atoms with Gasteiger partial charge < -0.3 is 5.32 Å². The highest BCUT2D eigenvalue weighted by molar-refractivity contribution is 7.89. The molecule has 1 atom stereocenters. The molecule has 0 aromatic heterocycles. The van der Waals surface area contributed by atoms with Gasteiger partial charge in [0.15, 0.2) is 0 Å². The number of sulfonamides is 2. The summed E-state index contributed by atoms with van der Waals surface area (Å²) in [7, 11) is -4.62. The maximum Gasteiger partial charge on any atom is 0.243 e. The van der Waals surface area contributed by atoms with Gasteiger partial charge >= 0.3 is 0 Å². The van der Waals surface area contributed by atoms with Gasteiger partial charge in [0.25, 0.3) is 0 Å². The zero-order valence-corrected chi connectivity index (χ0v) is 19.3. The molecule has 1 N–H and O–H groups in total. The lowest BCUT2D eigenvalue weighted by Gasteiger charge is -2.33. The third-order valence-corrected chi connectivity index (χ3v) is 9.05. The fourth-order valence-electron chi connectivity index (χ4n) is 3.04. The number of piperidine rings is 1. The van der Waals surface area contributed by atoms with Crippen LogP contribution < -0.4 is 5.32 Å². The monoisotopic (exact) mass is 445 g/mol. The van der Waals surface area contributed by atoms with Crippen LogP contribution in [-0.4, -0.2) is 64.1 Å². The van der Waals surface area contributed by atoms with E-state index in [1.807, 2.05) is 20.8 Å². The number of hydrogen-bond acceptors (Lipinski definition) is 5. The maximum atomic E-state index is 13.0. The maximum absolute atomic E-state index is 13.0. The number of carbonyl (C=O) groups excluding carboxylic acids is 1. The molecule has 0 saturated carbocycles. The van der Waals surface area contributed by atoms with Crippen molar-refractivity contribution in [1.82, 2.24) is 13.9 Å². The smallest absolute Gasteiger partial charge is 0.243 e. The van der Waals surface area contributed by atoms with Crippen LogP contribution in [0.3, 0.4) is 0 Å². The summed E-state index contributed by atoms with van der Waals surface area (Å²) in [6, 6.07) is 5.19. The summed E-state index contributed by atoms with van der Waals surface area (Å²) in [6.45, 7) is 6.31. The van der Waals surface area contributed by atoms with Crippen LogP contribution in [0.15, 0.2) is 34.1 Å². The van der Waals surface area contributed by atoms with Gasteiger partial charge in [0.1, 0.15) is 0 Å². The van der Waals surface area contributed by atoms with Gasteiger partial charge in [-0.1, -0.05) is 6.92 Å². The van der Waals surface area contributed by atoms with Crippen molar-refractivity contribution in [1.29, 1.82) is 0 Å². The summed E-state index contributed by atoms with van der Waals surface area (Å²) in [6.07, 6.45) is 2.00. The molecule has 2 rings (SSSR count). The Labute approximate surface area is 174 Å². The number of hydrogen-bond donors (Lipinski definition) is 1. The highest BCUT2D eigenvalue weighted by atomic mass is 32.2. The van der Waals surface area contributed by atoms with Gasteiger partial charge in [0.2, 0.25) is 26.0 Å². The van der Waals surface area contributed by atoms with Crippen LogP contribution >= 0.6 is 0 Å². The number of nitrogens with one attached hydrogen (secondary N) is 1. The summed E-state index contributed by atoms with van der Waals surface area (Å²) in [5.41, 5.74) is -0.341. The molecule has 0 unspecified atom stereocenters. The largest absolute Gasteiger partial charge is 0.351 e. The molecule has 1 saturated heterocycles. The zero-order chi connectivity index (χ0) is 22.0. The molecule has 8 nitrogen and oxygen atoms in total. The van der Waals surface area contributed by atoms with Crippen LogP contribution in [0.1, 0.15) is 40.0 Å². The highest BCUT2D eigenvalue weighted by Crippen LogP contribution is 2.26. The summed E-state index contributed by atoms with van der Waals surface area (Å²) in [5, 5.41) is 2.99. The van der Waals surface area contributed by atoms with Crippen LogP contribution in [0.25, 0.3) is 0 Å². The third-order valence-electron chi connectivity index (χ3n) is 5.34. The minimum atomic E-state index is -3.82. The molecule has 10 heteroatoms. The predicted octanol–water partition coefficient (Wildman–Crippen LogP) is 1.64. The lowest BCUT2D eigenvalue weighted by molar-refractivity contribution is -0.127. The second-order valence-corrected chi connectivity index (χ2v) is 12.3. The Morgan fingerprint density at radius 1 is 1.14 bits per heavy atom. The number of nitrogens with zero attached hydrogens (tertiary/aromatic N) is 2. The number of amides is 1. The molecule has 1 aromatic carbocycles. The lowest BCUT2D eigenvalue weighted by atomic mass is 9.95. The van der Waals surface area contributed by atoms with Gasteiger partial charge in [0.05, 0.1) is 15.7 Å². The molecule has 1 fully saturated rings. The first-order chi connectivity index (χ1) is 13.3. The normalized spacial score (nSPS) is 19.3. The first-order valence-electron chi connectivity index (χ1n) is 9.66. The van der Waals surface area contributed by atoms with E-state index in [9.17, 15) is 21.6 Å². The van der Waals surface area contributed by atoms with Crippen molar-refractivity contribution in [3.63, 3.8) is 0 Å². The molecule has 1 aromatic rings. The quantitative estimate of drug-likeness (QED) is 0.687. The molecule has 0 radical (unpaired) electrons. The average molecular weight is 446 g/mol. The van der Waals surface area contributed by atoms with Gasteiger partial charge in [-0.25, -0.2) is 21.1 Å². The Hall–Kier alpha value is -1.49. The minimum Gasteiger partial charge on any atom is -0.351 e. The van der Waals surface area contributed by atoms with Crippen molar-refractivity contribution in [2.24, 2.45) is 5.92 Å². The molecule has 1 amide bonds. The second kappa shape index (κ2) is 8.71. The fraction of sp³-hybridized carbons (Fsp3) is 0.632. The van der Waals surface area contributed by atoms with E-state index >= 15 is 0 Å². The van der Waals surface area contributed by atoms with Gasteiger partial charge in [0, 0.05) is 32.7 Å². The summed E-state index contributed by atoms with van der Waals surface area (Å²) in [4.78, 5) is 12.6. The molecule has 1 aliphatic rings. The van der Waals surface area contributed by atoms with Crippen molar-refractivity contribution in [3.8, 4) is 0 Å². The summed E-state index contributed by atoms with van der Waals surface area (Å²) >= 11 is 0. The summed E-state index contributed by atoms with van der Waals surface area (Å²) < 4.78 is 52.8. The van der Waals surface area contributed by atoms with E-state index in [0.717, 1.165) is 10.7 Å². The Morgan fingerprint density at radius 2 is 1.69 bits per heavy atom. The molecule has 1 aliphatic heterocycles. The van der Waals surface area contributed by atoms with Crippen LogP contribution in [0.2, 0.25) is 0 Å². The molecule has 29 heavy (non-hydrogen) atoms. The van der Waals surface area contributed by atoms with Gasteiger partial charge in [-0.05, 0) is 57.4 Å². The van der Waals surface area contributed by atoms with E-state index in [4.69, 9.17) is 0 Å².